The Kier molecular flexibility index (Phi) is 29.3. The van der Waals surface area contributed by atoms with Gasteiger partial charge in [-0.05, 0) is 0 Å². The SMILES string of the molecule is O=C1NCCNCCNCCNC(=O)C(=O)NCCNCCNCCNC1=O.[F][Sn][F].[F][Sn][F]. The Morgan fingerprint density at radius 1 is 0.382 bits per heavy atom. The van der Waals surface area contributed by atoms with E-state index in [0.29, 0.717) is 78.5 Å². The number of hydrogen-bond donors (Lipinski definition) is 8. The Labute approximate surface area is 219 Å². The average molecular weight is 714 g/mol. The summed E-state index contributed by atoms with van der Waals surface area (Å²) in [5, 5.41) is 22.6. The van der Waals surface area contributed by atoms with Gasteiger partial charge in [0.2, 0.25) is 0 Å². The van der Waals surface area contributed by atoms with Crippen LogP contribution < -0.4 is 42.5 Å². The van der Waals surface area contributed by atoms with E-state index in [9.17, 15) is 30.6 Å². The van der Waals surface area contributed by atoms with Crippen molar-refractivity contribution in [2.75, 3.05) is 78.5 Å². The average Bonchev–Trinajstić information content (AvgIpc) is 2.81. The van der Waals surface area contributed by atoms with E-state index in [2.05, 4.69) is 42.5 Å². The monoisotopic (exact) mass is 716 g/mol. The van der Waals surface area contributed by atoms with Crippen LogP contribution in [-0.2, 0) is 19.2 Å². The second-order valence-corrected chi connectivity index (χ2v) is 6.98. The van der Waals surface area contributed by atoms with Crippen LogP contribution in [0.25, 0.3) is 0 Å². The zero-order chi connectivity index (χ0) is 25.9. The Morgan fingerprint density at radius 2 is 0.529 bits per heavy atom. The van der Waals surface area contributed by atoms with Crippen molar-refractivity contribution in [1.29, 1.82) is 0 Å². The number of halogens is 4. The molecule has 34 heavy (non-hydrogen) atoms. The first-order valence-corrected chi connectivity index (χ1v) is 14.6. The maximum atomic E-state index is 11.6. The molecular weight excluding hydrogens is 682 g/mol. The van der Waals surface area contributed by atoms with Crippen molar-refractivity contribution >= 4 is 68.2 Å². The van der Waals surface area contributed by atoms with Crippen LogP contribution in [-0.4, -0.2) is 147 Å². The van der Waals surface area contributed by atoms with Crippen molar-refractivity contribution in [2.45, 2.75) is 0 Å². The van der Waals surface area contributed by atoms with Crippen molar-refractivity contribution in [1.82, 2.24) is 42.5 Å². The first-order chi connectivity index (χ1) is 16.4. The Bertz CT molecular complexity index is 469. The molecule has 8 N–H and O–H groups in total. The van der Waals surface area contributed by atoms with Crippen molar-refractivity contribution < 1.29 is 30.6 Å². The van der Waals surface area contributed by atoms with Gasteiger partial charge in [0.1, 0.15) is 0 Å². The fourth-order valence-corrected chi connectivity index (χ4v) is 2.23. The second-order valence-electron chi connectivity index (χ2n) is 6.17. The Balaban J connectivity index is 0. The summed E-state index contributed by atoms with van der Waals surface area (Å²) in [6.45, 7) is 6.18. The number of nitrogens with one attached hydrogen (secondary N) is 8. The van der Waals surface area contributed by atoms with Crippen molar-refractivity contribution in [3.05, 3.63) is 0 Å². The molecule has 1 rings (SSSR count). The van der Waals surface area contributed by atoms with Crippen LogP contribution in [0.5, 0.6) is 0 Å². The number of hydrogen-bond acceptors (Lipinski definition) is 8. The van der Waals surface area contributed by atoms with Crippen LogP contribution >= 0.6 is 0 Å². The molecule has 0 aliphatic carbocycles. The molecule has 4 amide bonds. The summed E-state index contributed by atoms with van der Waals surface area (Å²) >= 11 is -5.54. The van der Waals surface area contributed by atoms with E-state index in [1.54, 1.807) is 0 Å². The molecule has 0 aromatic rings. The summed E-state index contributed by atoms with van der Waals surface area (Å²) in [5.74, 6) is -2.58. The fourth-order valence-electron chi connectivity index (χ4n) is 2.23. The van der Waals surface area contributed by atoms with Crippen LogP contribution in [0.3, 0.4) is 0 Å². The molecule has 1 aliphatic heterocycles. The van der Waals surface area contributed by atoms with Gasteiger partial charge in [-0.25, -0.2) is 0 Å². The molecule has 0 aromatic carbocycles. The molecular formula is C16H32F4N8O4Sn2. The molecule has 1 fully saturated rings. The number of carbonyl (C=O) groups is 4. The summed E-state index contributed by atoms with van der Waals surface area (Å²) in [6, 6.07) is 0. The van der Waals surface area contributed by atoms with E-state index in [-0.39, 0.29) is 0 Å². The molecule has 0 aromatic heterocycles. The van der Waals surface area contributed by atoms with Gasteiger partial charge >= 0.3 is 79.7 Å². The van der Waals surface area contributed by atoms with Gasteiger partial charge in [0, 0.05) is 78.5 Å². The predicted molar refractivity (Wildman–Crippen MR) is 119 cm³/mol. The van der Waals surface area contributed by atoms with Crippen molar-refractivity contribution in [3.63, 3.8) is 0 Å². The summed E-state index contributed by atoms with van der Waals surface area (Å²) in [6.07, 6.45) is 0. The van der Waals surface area contributed by atoms with Gasteiger partial charge in [-0.2, -0.15) is 0 Å². The summed E-state index contributed by atoms with van der Waals surface area (Å²) in [4.78, 5) is 46.5. The van der Waals surface area contributed by atoms with E-state index < -0.39 is 68.2 Å². The molecule has 0 saturated carbocycles. The molecule has 0 unspecified atom stereocenters. The molecule has 1 aliphatic rings. The third-order valence-electron chi connectivity index (χ3n) is 3.72. The van der Waals surface area contributed by atoms with Crippen LogP contribution in [0, 0.1) is 0 Å². The van der Waals surface area contributed by atoms with Gasteiger partial charge in [0.15, 0.2) is 0 Å². The van der Waals surface area contributed by atoms with Crippen molar-refractivity contribution in [3.8, 4) is 0 Å². The van der Waals surface area contributed by atoms with E-state index in [4.69, 9.17) is 0 Å². The third kappa shape index (κ3) is 25.7. The van der Waals surface area contributed by atoms with E-state index in [1.807, 2.05) is 0 Å². The first kappa shape index (κ1) is 35.2. The molecule has 196 valence electrons. The minimum absolute atomic E-state index is 0.349. The number of rotatable bonds is 0. The van der Waals surface area contributed by atoms with Gasteiger partial charge in [0.05, 0.1) is 0 Å². The van der Waals surface area contributed by atoms with Crippen LogP contribution in [0.4, 0.5) is 11.5 Å². The second kappa shape index (κ2) is 28.3. The van der Waals surface area contributed by atoms with Crippen LogP contribution in [0.1, 0.15) is 0 Å². The maximum absolute atomic E-state index is 11.6. The van der Waals surface area contributed by atoms with Gasteiger partial charge < -0.3 is 42.5 Å². The standard InChI is InChI=1S/C16H32N8O4.4FH.2Sn/c25-13-14(26)23-11-7-19-3-4-20-8-12-24-16(28)15(27)22-10-6-18-2-1-17-5-9-21-13;;;;;;/h17-20H,1-12H2,(H,21,25)(H,22,27)(H,23,26)(H,24,28);4*1H;;/q;;;;;2*+2/p-4. The summed E-state index contributed by atoms with van der Waals surface area (Å²) in [5.41, 5.74) is 0. The van der Waals surface area contributed by atoms with Crippen LogP contribution in [0.2, 0.25) is 0 Å². The molecule has 0 atom stereocenters. The summed E-state index contributed by atoms with van der Waals surface area (Å²) < 4.78 is 39.2. The molecule has 0 bridgehead atoms. The Hall–Kier alpha value is -0.963. The van der Waals surface area contributed by atoms with E-state index >= 15 is 0 Å². The molecule has 1 saturated heterocycles. The Morgan fingerprint density at radius 3 is 0.706 bits per heavy atom. The van der Waals surface area contributed by atoms with Crippen LogP contribution in [0.15, 0.2) is 0 Å². The van der Waals surface area contributed by atoms with E-state index in [1.165, 1.54) is 0 Å². The predicted octanol–water partition coefficient (Wildman–Crippen LogP) is -4.26. The quantitative estimate of drug-likeness (QED) is 0.0712. The fraction of sp³-hybridized carbons (Fsp3) is 0.750. The zero-order valence-corrected chi connectivity index (χ0v) is 24.3. The summed E-state index contributed by atoms with van der Waals surface area (Å²) in [7, 11) is 0. The number of carbonyl (C=O) groups excluding carboxylic acids is 4. The topological polar surface area (TPSA) is 165 Å². The first-order valence-electron chi connectivity index (χ1n) is 10.3. The van der Waals surface area contributed by atoms with Crippen molar-refractivity contribution in [2.24, 2.45) is 0 Å². The van der Waals surface area contributed by atoms with E-state index in [0.717, 1.165) is 0 Å². The van der Waals surface area contributed by atoms with Gasteiger partial charge in [0.25, 0.3) is 0 Å². The van der Waals surface area contributed by atoms with Gasteiger partial charge in [-0.3, -0.25) is 19.2 Å². The molecule has 0 spiro atoms. The third-order valence-corrected chi connectivity index (χ3v) is 3.72. The normalized spacial score (nSPS) is 18.7. The number of amides is 4. The molecule has 18 heteroatoms. The van der Waals surface area contributed by atoms with Gasteiger partial charge in [-0.1, -0.05) is 0 Å². The molecule has 1 heterocycles. The molecule has 4 radical (unpaired) electrons. The molecule has 12 nitrogen and oxygen atoms in total. The zero-order valence-electron chi connectivity index (χ0n) is 18.6. The minimum atomic E-state index is -2.77. The van der Waals surface area contributed by atoms with Gasteiger partial charge in [-0.15, -0.1) is 0 Å².